The molecular formula is C50H88N2O13. The van der Waals surface area contributed by atoms with E-state index in [1.807, 2.05) is 20.8 Å². The first-order valence-corrected chi connectivity index (χ1v) is 24.2. The molecule has 0 saturated heterocycles. The second kappa shape index (κ2) is 31.0. The molecule has 0 heterocycles. The van der Waals surface area contributed by atoms with Gasteiger partial charge in [0.25, 0.3) is 0 Å². The van der Waals surface area contributed by atoms with E-state index in [-0.39, 0.29) is 50.3 Å². The molecule has 0 rings (SSSR count). The summed E-state index contributed by atoms with van der Waals surface area (Å²) in [5.74, 6) is -5.69. The number of carboxylic acid groups (broad SMARTS) is 1. The Kier molecular flexibility index (Phi) is 29.1. The van der Waals surface area contributed by atoms with Crippen molar-refractivity contribution in [1.82, 2.24) is 10.6 Å². The smallest absolute Gasteiger partial charge is 0.329 e. The van der Waals surface area contributed by atoms with Gasteiger partial charge in [-0.15, -0.1) is 0 Å². The molecule has 65 heavy (non-hydrogen) atoms. The van der Waals surface area contributed by atoms with Crippen molar-refractivity contribution in [2.45, 2.75) is 265 Å². The minimum atomic E-state index is -1.27. The number of ether oxygens (including phenoxy) is 4. The van der Waals surface area contributed by atoms with E-state index in [1.165, 1.54) is 38.5 Å². The summed E-state index contributed by atoms with van der Waals surface area (Å²) < 4.78 is 21.8. The van der Waals surface area contributed by atoms with Crippen molar-refractivity contribution in [2.24, 2.45) is 5.92 Å². The molecule has 0 fully saturated rings. The Labute approximate surface area is 390 Å². The zero-order valence-electron chi connectivity index (χ0n) is 42.3. The first-order chi connectivity index (χ1) is 30.0. The van der Waals surface area contributed by atoms with Crippen LogP contribution in [0.5, 0.6) is 0 Å². The highest BCUT2D eigenvalue weighted by Gasteiger charge is 2.32. The van der Waals surface area contributed by atoms with E-state index in [9.17, 15) is 38.4 Å². The van der Waals surface area contributed by atoms with Crippen LogP contribution in [0, 0.1) is 5.92 Å². The van der Waals surface area contributed by atoms with Crippen LogP contribution in [0.25, 0.3) is 0 Å². The van der Waals surface area contributed by atoms with Crippen molar-refractivity contribution >= 4 is 47.4 Å². The van der Waals surface area contributed by atoms with E-state index in [4.69, 9.17) is 24.1 Å². The highest BCUT2D eigenvalue weighted by molar-refractivity contribution is 5.88. The van der Waals surface area contributed by atoms with Crippen LogP contribution in [0.15, 0.2) is 0 Å². The summed E-state index contributed by atoms with van der Waals surface area (Å²) in [5.41, 5.74) is -3.04. The summed E-state index contributed by atoms with van der Waals surface area (Å²) >= 11 is 0. The summed E-state index contributed by atoms with van der Waals surface area (Å²) in [5, 5.41) is 14.3. The van der Waals surface area contributed by atoms with Crippen LogP contribution >= 0.6 is 0 Å². The van der Waals surface area contributed by atoms with Crippen molar-refractivity contribution in [3.8, 4) is 0 Å². The third kappa shape index (κ3) is 36.8. The summed E-state index contributed by atoms with van der Waals surface area (Å²) in [4.78, 5) is 102. The maximum absolute atomic E-state index is 13.3. The van der Waals surface area contributed by atoms with Gasteiger partial charge in [0.1, 0.15) is 40.3 Å². The molecule has 0 radical (unpaired) electrons. The highest BCUT2D eigenvalue weighted by atomic mass is 16.6. The van der Waals surface area contributed by atoms with Gasteiger partial charge in [0, 0.05) is 38.5 Å². The van der Waals surface area contributed by atoms with Gasteiger partial charge in [-0.05, 0) is 115 Å². The molecule has 0 aliphatic rings. The van der Waals surface area contributed by atoms with Crippen LogP contribution in [0.1, 0.15) is 231 Å². The van der Waals surface area contributed by atoms with E-state index in [0.29, 0.717) is 19.3 Å². The van der Waals surface area contributed by atoms with Gasteiger partial charge in [0.05, 0.1) is 5.92 Å². The number of amides is 2. The Morgan fingerprint density at radius 1 is 0.400 bits per heavy atom. The number of hydrogen-bond donors (Lipinski definition) is 3. The fourth-order valence-corrected chi connectivity index (χ4v) is 6.80. The van der Waals surface area contributed by atoms with E-state index >= 15 is 0 Å². The van der Waals surface area contributed by atoms with Gasteiger partial charge >= 0.3 is 29.8 Å². The number of esters is 4. The molecule has 3 atom stereocenters. The van der Waals surface area contributed by atoms with Gasteiger partial charge < -0.3 is 34.7 Å². The minimum Gasteiger partial charge on any atom is -0.481 e. The van der Waals surface area contributed by atoms with Crippen molar-refractivity contribution in [1.29, 1.82) is 0 Å². The van der Waals surface area contributed by atoms with Gasteiger partial charge in [-0.1, -0.05) is 77.0 Å². The fraction of sp³-hybridized carbons (Fsp3) is 0.840. The molecule has 0 spiro atoms. The van der Waals surface area contributed by atoms with Crippen molar-refractivity contribution in [3.63, 3.8) is 0 Å². The predicted molar refractivity (Wildman–Crippen MR) is 250 cm³/mol. The Bertz CT molecular complexity index is 1480. The third-order valence-electron chi connectivity index (χ3n) is 9.80. The van der Waals surface area contributed by atoms with Gasteiger partial charge in [-0.3, -0.25) is 28.8 Å². The lowest BCUT2D eigenvalue weighted by Crippen LogP contribution is -2.47. The molecule has 15 nitrogen and oxygen atoms in total. The molecule has 0 aromatic heterocycles. The van der Waals surface area contributed by atoms with Crippen LogP contribution < -0.4 is 10.6 Å². The van der Waals surface area contributed by atoms with Gasteiger partial charge in [-0.2, -0.15) is 0 Å². The number of carboxylic acids is 1. The normalized spacial score (nSPS) is 13.5. The Morgan fingerprint density at radius 3 is 1.09 bits per heavy atom. The summed E-state index contributed by atoms with van der Waals surface area (Å²) in [6.07, 6.45) is 14.7. The molecule has 0 bridgehead atoms. The zero-order valence-corrected chi connectivity index (χ0v) is 42.3. The quantitative estimate of drug-likeness (QED) is 0.0318. The third-order valence-corrected chi connectivity index (χ3v) is 9.80. The van der Waals surface area contributed by atoms with Crippen LogP contribution in [0.4, 0.5) is 0 Å². The monoisotopic (exact) mass is 925 g/mol. The molecule has 3 N–H and O–H groups in total. The molecule has 0 aromatic carbocycles. The van der Waals surface area contributed by atoms with E-state index in [1.54, 1.807) is 62.3 Å². The van der Waals surface area contributed by atoms with Crippen LogP contribution in [0.2, 0.25) is 0 Å². The second-order valence-corrected chi connectivity index (χ2v) is 21.3. The number of rotatable bonds is 33. The Balaban J connectivity index is 5.00. The lowest BCUT2D eigenvalue weighted by Gasteiger charge is -2.26. The molecule has 0 unspecified atom stereocenters. The number of ketones is 1. The standard InChI is InChI=1S/C50H88N2O13/c1-47(2,3)62-43(58)28-26-24-22-20-18-16-14-13-15-17-19-21-23-25-27-37(53)35-36(44(59)63-48(4,5)6)29-32-40(54)51-38(45(60)64-49(7,8)9)30-33-41(55)52-39(31-34-42(56)57)46(61)65-50(10,11)12/h36,38-39H,13-35H2,1-12H3,(H,51,54)(H,52,55)(H,56,57)/t36-,38+,39+/m1/s1. The number of Topliss-reactive ketones (excluding diaryl/α,β-unsaturated/α-hetero) is 1. The number of aliphatic carboxylic acids is 1. The zero-order chi connectivity index (χ0) is 49.9. The highest BCUT2D eigenvalue weighted by Crippen LogP contribution is 2.22. The Morgan fingerprint density at radius 2 is 0.723 bits per heavy atom. The van der Waals surface area contributed by atoms with Crippen LogP contribution in [-0.2, 0) is 57.3 Å². The molecule has 15 heteroatoms. The maximum Gasteiger partial charge on any atom is 0.329 e. The van der Waals surface area contributed by atoms with Crippen LogP contribution in [0.3, 0.4) is 0 Å². The molecule has 0 aromatic rings. The van der Waals surface area contributed by atoms with E-state index in [2.05, 4.69) is 10.6 Å². The largest absolute Gasteiger partial charge is 0.481 e. The molecule has 0 aliphatic heterocycles. The van der Waals surface area contributed by atoms with Crippen LogP contribution in [-0.4, -0.2) is 87.0 Å². The maximum atomic E-state index is 13.3. The summed E-state index contributed by atoms with van der Waals surface area (Å²) in [6, 6.07) is -2.51. The SMILES string of the molecule is CC(C)(C)OC(=O)CCCCCCCCCCCCCCCCC(=O)C[C@@H](CCC(=O)N[C@@H](CCC(=O)N[C@@H](CCC(=O)O)C(=O)OC(C)(C)C)C(=O)OC(C)(C)C)C(=O)OC(C)(C)C. The van der Waals surface area contributed by atoms with E-state index in [0.717, 1.165) is 44.9 Å². The average molecular weight is 925 g/mol. The minimum absolute atomic E-state index is 0.00892. The molecular weight excluding hydrogens is 837 g/mol. The molecule has 376 valence electrons. The molecule has 0 aliphatic carbocycles. The topological polar surface area (TPSA) is 218 Å². The number of hydrogen-bond acceptors (Lipinski definition) is 12. The van der Waals surface area contributed by atoms with E-state index < -0.39 is 82.5 Å². The molecule has 0 saturated carbocycles. The van der Waals surface area contributed by atoms with Gasteiger partial charge in [0.2, 0.25) is 11.8 Å². The van der Waals surface area contributed by atoms with Gasteiger partial charge in [0.15, 0.2) is 0 Å². The number of carbonyl (C=O) groups is 8. The second-order valence-electron chi connectivity index (χ2n) is 21.3. The molecule has 2 amide bonds. The summed E-state index contributed by atoms with van der Waals surface area (Å²) in [7, 11) is 0. The van der Waals surface area contributed by atoms with Crippen molar-refractivity contribution in [2.75, 3.05) is 0 Å². The number of unbranched alkanes of at least 4 members (excludes halogenated alkanes) is 13. The Hall–Kier alpha value is -4.04. The average Bonchev–Trinajstić information content (AvgIpc) is 3.13. The first kappa shape index (κ1) is 61.0. The van der Waals surface area contributed by atoms with Crippen molar-refractivity contribution in [3.05, 3.63) is 0 Å². The number of carbonyl (C=O) groups excluding carboxylic acids is 7. The van der Waals surface area contributed by atoms with Gasteiger partial charge in [-0.25, -0.2) is 9.59 Å². The van der Waals surface area contributed by atoms with Crippen molar-refractivity contribution < 1.29 is 62.4 Å². The lowest BCUT2D eigenvalue weighted by molar-refractivity contribution is -0.162. The first-order valence-electron chi connectivity index (χ1n) is 24.2. The predicted octanol–water partition coefficient (Wildman–Crippen LogP) is 9.56. The fourth-order valence-electron chi connectivity index (χ4n) is 6.80. The lowest BCUT2D eigenvalue weighted by atomic mass is 9.94. The summed E-state index contributed by atoms with van der Waals surface area (Å²) in [6.45, 7) is 20.7. The number of nitrogens with one attached hydrogen (secondary N) is 2.